The molecule has 0 saturated carbocycles. The molecule has 12 aromatic rings. The first kappa shape index (κ1) is 42.5. The van der Waals surface area contributed by atoms with Gasteiger partial charge in [-0.15, -0.1) is 0 Å². The first-order chi connectivity index (χ1) is 35.7. The van der Waals surface area contributed by atoms with Crippen LogP contribution < -0.4 is 14.7 Å². The lowest BCUT2D eigenvalue weighted by Gasteiger charge is -2.39. The Bertz CT molecular complexity index is 3830. The number of hydrogen-bond donors (Lipinski definition) is 0. The zero-order valence-corrected chi connectivity index (χ0v) is 39.5. The van der Waals surface area contributed by atoms with E-state index in [1.165, 1.54) is 27.6 Å². The molecule has 0 spiro atoms. The molecule has 0 aliphatic carbocycles. The van der Waals surface area contributed by atoms with Crippen LogP contribution in [0, 0.1) is 0 Å². The van der Waals surface area contributed by atoms with Gasteiger partial charge in [0, 0.05) is 39.5 Å². The van der Waals surface area contributed by atoms with E-state index in [4.69, 9.17) is 0 Å². The standard InChI is InChI=1S/C68H48N4/c1-6-21-51(22-7-1)61-33-16-17-34-62(61)52-41-44-59(45-42-52)69(55-24-8-2-9-25-55)60-32-20-23-53(47-60)49-37-39-50(40-38-49)54-43-46-63-66(48-54)72(58-30-14-5-15-31-58)68-67(63)70(56-26-10-3-11-27-56)64-35-18-19-36-65(64)71(68)57-28-12-4-13-29-57/h1-48H. The molecule has 0 bridgehead atoms. The molecule has 4 heteroatoms. The van der Waals surface area contributed by atoms with Crippen LogP contribution in [0.25, 0.3) is 61.1 Å². The van der Waals surface area contributed by atoms with Crippen LogP contribution in [0.2, 0.25) is 0 Å². The summed E-state index contributed by atoms with van der Waals surface area (Å²) in [6.07, 6.45) is 0. The minimum absolute atomic E-state index is 1.09. The van der Waals surface area contributed by atoms with Crippen LogP contribution >= 0.6 is 0 Å². The molecule has 0 amide bonds. The van der Waals surface area contributed by atoms with Gasteiger partial charge in [-0.3, -0.25) is 9.47 Å². The summed E-state index contributed by atoms with van der Waals surface area (Å²) in [6, 6.07) is 105. The van der Waals surface area contributed by atoms with Crippen molar-refractivity contribution in [3.05, 3.63) is 291 Å². The first-order valence-electron chi connectivity index (χ1n) is 24.6. The molecule has 0 radical (unpaired) electrons. The average molecular weight is 921 g/mol. The maximum absolute atomic E-state index is 2.45. The highest BCUT2D eigenvalue weighted by atomic mass is 15.3. The maximum atomic E-state index is 2.45. The van der Waals surface area contributed by atoms with Crippen molar-refractivity contribution in [3.63, 3.8) is 0 Å². The van der Waals surface area contributed by atoms with Gasteiger partial charge in [-0.2, -0.15) is 0 Å². The molecule has 1 aliphatic heterocycles. The van der Waals surface area contributed by atoms with E-state index < -0.39 is 0 Å². The number of fused-ring (bicyclic) bond motifs is 4. The molecule has 2 heterocycles. The van der Waals surface area contributed by atoms with Crippen LogP contribution in [0.4, 0.5) is 51.3 Å². The third kappa shape index (κ3) is 7.59. The predicted octanol–water partition coefficient (Wildman–Crippen LogP) is 19.0. The van der Waals surface area contributed by atoms with Crippen LogP contribution in [0.1, 0.15) is 0 Å². The highest BCUT2D eigenvalue weighted by Crippen LogP contribution is 2.58. The third-order valence-corrected chi connectivity index (χ3v) is 13.9. The van der Waals surface area contributed by atoms with Gasteiger partial charge in [0.05, 0.1) is 22.6 Å². The predicted molar refractivity (Wildman–Crippen MR) is 303 cm³/mol. The summed E-state index contributed by atoms with van der Waals surface area (Å²) in [5.41, 5.74) is 20.5. The molecule has 72 heavy (non-hydrogen) atoms. The number of aromatic nitrogens is 1. The fraction of sp³-hybridized carbons (Fsp3) is 0. The van der Waals surface area contributed by atoms with Gasteiger partial charge in [-0.05, 0) is 142 Å². The Morgan fingerprint density at radius 3 is 1.29 bits per heavy atom. The van der Waals surface area contributed by atoms with Crippen molar-refractivity contribution in [1.82, 2.24) is 4.57 Å². The van der Waals surface area contributed by atoms with E-state index in [1.54, 1.807) is 0 Å². The van der Waals surface area contributed by atoms with Gasteiger partial charge in [-0.1, -0.05) is 194 Å². The van der Waals surface area contributed by atoms with Crippen molar-refractivity contribution < 1.29 is 0 Å². The summed E-state index contributed by atoms with van der Waals surface area (Å²) in [4.78, 5) is 7.21. The molecule has 0 fully saturated rings. The SMILES string of the molecule is c1ccc(-c2ccccc2-c2ccc(N(c3ccccc3)c3cccc(-c4ccc(-c5ccc6c7c(n(-c8ccccc8)c6c5)N(c5ccccc5)c5ccccc5N7c5ccccc5)cc4)c3)cc2)cc1. The van der Waals surface area contributed by atoms with Gasteiger partial charge in [0.25, 0.3) is 0 Å². The summed E-state index contributed by atoms with van der Waals surface area (Å²) in [7, 11) is 0. The highest BCUT2D eigenvalue weighted by Gasteiger charge is 2.36. The molecular formula is C68H48N4. The second kappa shape index (κ2) is 18.4. The monoisotopic (exact) mass is 920 g/mol. The molecule has 0 saturated heterocycles. The molecular weight excluding hydrogens is 873 g/mol. The van der Waals surface area contributed by atoms with Gasteiger partial charge in [-0.25, -0.2) is 0 Å². The van der Waals surface area contributed by atoms with Crippen LogP contribution in [0.3, 0.4) is 0 Å². The van der Waals surface area contributed by atoms with E-state index in [0.717, 1.165) is 84.8 Å². The van der Waals surface area contributed by atoms with E-state index in [2.05, 4.69) is 310 Å². The van der Waals surface area contributed by atoms with Crippen molar-refractivity contribution in [2.24, 2.45) is 0 Å². The Kier molecular flexibility index (Phi) is 10.8. The van der Waals surface area contributed by atoms with Crippen molar-refractivity contribution in [1.29, 1.82) is 0 Å². The lowest BCUT2D eigenvalue weighted by atomic mass is 9.94. The van der Waals surface area contributed by atoms with Gasteiger partial charge in [0.15, 0.2) is 0 Å². The van der Waals surface area contributed by atoms with Gasteiger partial charge < -0.3 is 9.80 Å². The molecule has 0 atom stereocenters. The molecule has 340 valence electrons. The minimum Gasteiger partial charge on any atom is -0.310 e. The smallest absolute Gasteiger partial charge is 0.148 e. The normalized spacial score (nSPS) is 11.8. The number of rotatable bonds is 10. The van der Waals surface area contributed by atoms with E-state index in [1.807, 2.05) is 0 Å². The number of hydrogen-bond acceptors (Lipinski definition) is 3. The summed E-state index contributed by atoms with van der Waals surface area (Å²) < 4.78 is 2.45. The van der Waals surface area contributed by atoms with Crippen molar-refractivity contribution in [3.8, 4) is 50.2 Å². The zero-order chi connectivity index (χ0) is 47.8. The van der Waals surface area contributed by atoms with E-state index in [9.17, 15) is 0 Å². The van der Waals surface area contributed by atoms with Crippen LogP contribution in [-0.2, 0) is 0 Å². The molecule has 13 rings (SSSR count). The second-order valence-corrected chi connectivity index (χ2v) is 18.2. The topological polar surface area (TPSA) is 14.7 Å². The highest BCUT2D eigenvalue weighted by molar-refractivity contribution is 6.14. The van der Waals surface area contributed by atoms with Crippen molar-refractivity contribution in [2.75, 3.05) is 14.7 Å². The lowest BCUT2D eigenvalue weighted by molar-refractivity contribution is 1.05. The summed E-state index contributed by atoms with van der Waals surface area (Å²) >= 11 is 0. The van der Waals surface area contributed by atoms with Crippen molar-refractivity contribution in [2.45, 2.75) is 0 Å². The van der Waals surface area contributed by atoms with Crippen LogP contribution in [0.5, 0.6) is 0 Å². The average Bonchev–Trinajstić information content (AvgIpc) is 3.80. The van der Waals surface area contributed by atoms with Crippen LogP contribution in [-0.4, -0.2) is 4.57 Å². The Morgan fingerprint density at radius 2 is 0.681 bits per heavy atom. The Morgan fingerprint density at radius 1 is 0.264 bits per heavy atom. The summed E-state index contributed by atoms with van der Waals surface area (Å²) in [6.45, 7) is 0. The number of anilines is 9. The summed E-state index contributed by atoms with van der Waals surface area (Å²) in [5, 5.41) is 1.17. The van der Waals surface area contributed by atoms with E-state index in [-0.39, 0.29) is 0 Å². The van der Waals surface area contributed by atoms with Crippen LogP contribution in [0.15, 0.2) is 291 Å². The molecule has 4 nitrogen and oxygen atoms in total. The zero-order valence-electron chi connectivity index (χ0n) is 39.5. The first-order valence-corrected chi connectivity index (χ1v) is 24.6. The molecule has 0 unspecified atom stereocenters. The van der Waals surface area contributed by atoms with E-state index in [0.29, 0.717) is 0 Å². The summed E-state index contributed by atoms with van der Waals surface area (Å²) in [5.74, 6) is 1.09. The quantitative estimate of drug-likeness (QED) is 0.136. The number of para-hydroxylation sites is 6. The molecule has 0 N–H and O–H groups in total. The number of nitrogens with zero attached hydrogens (tertiary/aromatic N) is 4. The van der Waals surface area contributed by atoms with Gasteiger partial charge in [0.1, 0.15) is 5.82 Å². The van der Waals surface area contributed by atoms with Gasteiger partial charge >= 0.3 is 0 Å². The lowest BCUT2D eigenvalue weighted by Crippen LogP contribution is -2.25. The Balaban J connectivity index is 0.887. The molecule has 11 aromatic carbocycles. The maximum Gasteiger partial charge on any atom is 0.148 e. The van der Waals surface area contributed by atoms with Gasteiger partial charge in [0.2, 0.25) is 0 Å². The molecule has 1 aromatic heterocycles. The minimum atomic E-state index is 1.09. The van der Waals surface area contributed by atoms with E-state index >= 15 is 0 Å². The Hall–Kier alpha value is -9.64. The largest absolute Gasteiger partial charge is 0.310 e. The second-order valence-electron chi connectivity index (χ2n) is 18.2. The number of benzene rings is 11. The third-order valence-electron chi connectivity index (χ3n) is 13.9. The van der Waals surface area contributed by atoms with Crippen molar-refractivity contribution >= 4 is 62.2 Å². The fourth-order valence-corrected chi connectivity index (χ4v) is 10.6. The molecule has 1 aliphatic rings. The Labute approximate surface area is 420 Å². The fourth-order valence-electron chi connectivity index (χ4n) is 10.6.